The smallest absolute Gasteiger partial charge is 0.164 e. The third-order valence-corrected chi connectivity index (χ3v) is 4.61. The van der Waals surface area contributed by atoms with E-state index in [1.165, 1.54) is 9.13 Å². The molecule has 5 heteroatoms. The van der Waals surface area contributed by atoms with E-state index in [1.54, 1.807) is 14.2 Å². The van der Waals surface area contributed by atoms with Crippen molar-refractivity contribution in [1.82, 2.24) is 4.90 Å². The van der Waals surface area contributed by atoms with Crippen LogP contribution >= 0.6 is 22.6 Å². The summed E-state index contributed by atoms with van der Waals surface area (Å²) in [6.07, 6.45) is 2.13. The monoisotopic (exact) mass is 391 g/mol. The van der Waals surface area contributed by atoms with E-state index in [2.05, 4.69) is 33.6 Å². The molecule has 1 saturated heterocycles. The van der Waals surface area contributed by atoms with Gasteiger partial charge in [-0.15, -0.1) is 0 Å². The van der Waals surface area contributed by atoms with Gasteiger partial charge in [-0.2, -0.15) is 0 Å². The van der Waals surface area contributed by atoms with Gasteiger partial charge in [-0.05, 0) is 54.1 Å². The van der Waals surface area contributed by atoms with Crippen LogP contribution in [0.15, 0.2) is 12.1 Å². The number of rotatable bonds is 6. The molecule has 1 aliphatic rings. The minimum absolute atomic E-state index is 0.814. The van der Waals surface area contributed by atoms with Gasteiger partial charge in [-0.1, -0.05) is 0 Å². The number of halogens is 1. The molecule has 1 fully saturated rings. The molecule has 0 spiro atoms. The van der Waals surface area contributed by atoms with Crippen LogP contribution in [0.1, 0.15) is 12.0 Å². The molecule has 2 rings (SSSR count). The zero-order valence-corrected chi connectivity index (χ0v) is 14.3. The van der Waals surface area contributed by atoms with Gasteiger partial charge in [0.25, 0.3) is 0 Å². The lowest BCUT2D eigenvalue weighted by Crippen LogP contribution is -2.36. The Hall–Kier alpha value is -0.530. The topological polar surface area (TPSA) is 30.9 Å². The van der Waals surface area contributed by atoms with Gasteiger partial charge >= 0.3 is 0 Å². The number of hydrogen-bond acceptors (Lipinski definition) is 4. The van der Waals surface area contributed by atoms with Crippen molar-refractivity contribution in [3.05, 3.63) is 21.3 Å². The number of ether oxygens (including phenoxy) is 3. The van der Waals surface area contributed by atoms with E-state index in [4.69, 9.17) is 14.2 Å². The Morgan fingerprint density at radius 1 is 1.20 bits per heavy atom. The van der Waals surface area contributed by atoms with Gasteiger partial charge < -0.3 is 14.2 Å². The summed E-state index contributed by atoms with van der Waals surface area (Å²) in [4.78, 5) is 2.46. The Labute approximate surface area is 134 Å². The van der Waals surface area contributed by atoms with Crippen molar-refractivity contribution in [2.45, 2.75) is 12.8 Å². The summed E-state index contributed by atoms with van der Waals surface area (Å²) in [6.45, 7) is 4.93. The van der Waals surface area contributed by atoms with Crippen LogP contribution in [-0.2, 0) is 11.2 Å². The van der Waals surface area contributed by atoms with E-state index in [9.17, 15) is 0 Å². The molecule has 0 aliphatic carbocycles. The maximum absolute atomic E-state index is 5.53. The molecule has 4 nitrogen and oxygen atoms in total. The quantitative estimate of drug-likeness (QED) is 0.698. The molecule has 0 unspecified atom stereocenters. The molecule has 0 N–H and O–H groups in total. The highest BCUT2D eigenvalue weighted by Crippen LogP contribution is 2.34. The van der Waals surface area contributed by atoms with Gasteiger partial charge in [-0.25, -0.2) is 0 Å². The molecule has 1 aliphatic heterocycles. The van der Waals surface area contributed by atoms with Crippen molar-refractivity contribution >= 4 is 22.6 Å². The predicted molar refractivity (Wildman–Crippen MR) is 87.8 cm³/mol. The molecule has 0 amide bonds. The van der Waals surface area contributed by atoms with Crippen LogP contribution in [-0.4, -0.2) is 52.0 Å². The molecule has 0 atom stereocenters. The lowest BCUT2D eigenvalue weighted by Gasteiger charge is -2.26. The Morgan fingerprint density at radius 2 is 1.95 bits per heavy atom. The third kappa shape index (κ3) is 3.99. The second kappa shape index (κ2) is 8.05. The van der Waals surface area contributed by atoms with Gasteiger partial charge in [0.05, 0.1) is 27.4 Å². The van der Waals surface area contributed by atoms with E-state index in [0.717, 1.165) is 57.2 Å². The second-order valence-corrected chi connectivity index (χ2v) is 5.98. The number of benzene rings is 1. The highest BCUT2D eigenvalue weighted by Gasteiger charge is 2.15. The Morgan fingerprint density at radius 3 is 2.60 bits per heavy atom. The SMILES string of the molecule is COc1ccc(I)c(CCCN2CCOCC2)c1OC. The first kappa shape index (κ1) is 15.9. The van der Waals surface area contributed by atoms with Gasteiger partial charge in [0, 0.05) is 22.2 Å². The van der Waals surface area contributed by atoms with E-state index >= 15 is 0 Å². The predicted octanol–water partition coefficient (Wildman–Crippen LogP) is 2.57. The zero-order valence-electron chi connectivity index (χ0n) is 12.2. The van der Waals surface area contributed by atoms with Crippen LogP contribution in [0.3, 0.4) is 0 Å². The van der Waals surface area contributed by atoms with E-state index < -0.39 is 0 Å². The number of methoxy groups -OCH3 is 2. The normalized spacial score (nSPS) is 16.1. The summed E-state index contributed by atoms with van der Waals surface area (Å²) >= 11 is 2.37. The lowest BCUT2D eigenvalue weighted by atomic mass is 10.1. The molecular formula is C15H22INO3. The van der Waals surface area contributed by atoms with Crippen LogP contribution in [0.4, 0.5) is 0 Å². The van der Waals surface area contributed by atoms with Crippen molar-refractivity contribution in [3.63, 3.8) is 0 Å². The number of nitrogens with zero attached hydrogens (tertiary/aromatic N) is 1. The third-order valence-electron chi connectivity index (χ3n) is 3.60. The Balaban J connectivity index is 1.97. The van der Waals surface area contributed by atoms with Crippen molar-refractivity contribution in [2.75, 3.05) is 47.1 Å². The maximum atomic E-state index is 5.53. The summed E-state index contributed by atoms with van der Waals surface area (Å²) in [6, 6.07) is 4.05. The molecule has 0 saturated carbocycles. The molecular weight excluding hydrogens is 369 g/mol. The van der Waals surface area contributed by atoms with Crippen molar-refractivity contribution in [1.29, 1.82) is 0 Å². The van der Waals surface area contributed by atoms with Crippen molar-refractivity contribution in [3.8, 4) is 11.5 Å². The average molecular weight is 391 g/mol. The fraction of sp³-hybridized carbons (Fsp3) is 0.600. The minimum Gasteiger partial charge on any atom is -0.493 e. The van der Waals surface area contributed by atoms with E-state index in [0.29, 0.717) is 0 Å². The van der Waals surface area contributed by atoms with Crippen molar-refractivity contribution in [2.24, 2.45) is 0 Å². The summed E-state index contributed by atoms with van der Waals surface area (Å²) in [5.41, 5.74) is 1.25. The Bertz CT molecular complexity index is 433. The molecule has 0 radical (unpaired) electrons. The van der Waals surface area contributed by atoms with E-state index in [-0.39, 0.29) is 0 Å². The van der Waals surface area contributed by atoms with Gasteiger partial charge in [0.2, 0.25) is 0 Å². The van der Waals surface area contributed by atoms with Gasteiger partial charge in [0.15, 0.2) is 11.5 Å². The van der Waals surface area contributed by atoms with Crippen LogP contribution in [0, 0.1) is 3.57 Å². The van der Waals surface area contributed by atoms with Crippen LogP contribution in [0.5, 0.6) is 11.5 Å². The summed E-state index contributed by atoms with van der Waals surface area (Å²) < 4.78 is 17.5. The highest BCUT2D eigenvalue weighted by atomic mass is 127. The largest absolute Gasteiger partial charge is 0.493 e. The summed E-state index contributed by atoms with van der Waals surface area (Å²) in [5, 5.41) is 0. The van der Waals surface area contributed by atoms with Crippen LogP contribution < -0.4 is 9.47 Å². The lowest BCUT2D eigenvalue weighted by molar-refractivity contribution is 0.0374. The number of hydrogen-bond donors (Lipinski definition) is 0. The summed E-state index contributed by atoms with van der Waals surface area (Å²) in [5.74, 6) is 1.69. The molecule has 1 aromatic rings. The van der Waals surface area contributed by atoms with Gasteiger partial charge in [0.1, 0.15) is 0 Å². The first-order valence-electron chi connectivity index (χ1n) is 6.95. The first-order valence-corrected chi connectivity index (χ1v) is 8.03. The minimum atomic E-state index is 0.814. The molecule has 1 heterocycles. The van der Waals surface area contributed by atoms with Crippen LogP contribution in [0.25, 0.3) is 0 Å². The second-order valence-electron chi connectivity index (χ2n) is 4.82. The fourth-order valence-corrected chi connectivity index (χ4v) is 3.20. The Kier molecular flexibility index (Phi) is 6.38. The van der Waals surface area contributed by atoms with Crippen LogP contribution in [0.2, 0.25) is 0 Å². The number of morpholine rings is 1. The molecule has 0 bridgehead atoms. The fourth-order valence-electron chi connectivity index (χ4n) is 2.50. The van der Waals surface area contributed by atoms with E-state index in [1.807, 2.05) is 6.07 Å². The molecule has 1 aromatic carbocycles. The standard InChI is InChI=1S/C15H22INO3/c1-18-14-6-5-13(16)12(15(14)19-2)4-3-7-17-8-10-20-11-9-17/h5-6H,3-4,7-11H2,1-2H3. The van der Waals surface area contributed by atoms with Gasteiger partial charge in [-0.3, -0.25) is 4.90 Å². The molecule has 20 heavy (non-hydrogen) atoms. The molecule has 112 valence electrons. The highest BCUT2D eigenvalue weighted by molar-refractivity contribution is 14.1. The maximum Gasteiger partial charge on any atom is 0.164 e. The summed E-state index contributed by atoms with van der Waals surface area (Å²) in [7, 11) is 3.39. The zero-order chi connectivity index (χ0) is 14.4. The first-order chi connectivity index (χ1) is 9.76. The average Bonchev–Trinajstić information content (AvgIpc) is 2.49. The van der Waals surface area contributed by atoms with Crippen molar-refractivity contribution < 1.29 is 14.2 Å². The molecule has 0 aromatic heterocycles.